The average Bonchev–Trinajstić information content (AvgIpc) is 2.43. The maximum Gasteiger partial charge on any atom is 0.303 e. The lowest BCUT2D eigenvalue weighted by Gasteiger charge is -2.43. The maximum atomic E-state index is 11.3. The van der Waals surface area contributed by atoms with Crippen LogP contribution in [0.15, 0.2) is 0 Å². The van der Waals surface area contributed by atoms with Crippen LogP contribution in [0.25, 0.3) is 0 Å². The fraction of sp³-hybridized carbons (Fsp3) is 0.846. The zero-order valence-electron chi connectivity index (χ0n) is 12.9. The molecule has 1 fully saturated rings. The van der Waals surface area contributed by atoms with Gasteiger partial charge in [0.1, 0.15) is 24.9 Å². The molecule has 0 saturated carbocycles. The van der Waals surface area contributed by atoms with Crippen LogP contribution in [0.1, 0.15) is 13.8 Å². The Morgan fingerprint density at radius 1 is 0.905 bits per heavy atom. The molecule has 0 spiro atoms. The summed E-state index contributed by atoms with van der Waals surface area (Å²) in [5.41, 5.74) is 0. The fourth-order valence-corrected chi connectivity index (χ4v) is 2.26. The number of ether oxygens (including phenoxy) is 6. The second-order valence-corrected chi connectivity index (χ2v) is 4.56. The van der Waals surface area contributed by atoms with Gasteiger partial charge in [-0.2, -0.15) is 0 Å². The lowest BCUT2D eigenvalue weighted by molar-refractivity contribution is -0.305. The first-order chi connectivity index (χ1) is 9.94. The molecule has 5 atom stereocenters. The van der Waals surface area contributed by atoms with E-state index in [9.17, 15) is 9.59 Å². The van der Waals surface area contributed by atoms with Crippen LogP contribution in [0.5, 0.6) is 0 Å². The van der Waals surface area contributed by atoms with Crippen molar-refractivity contribution in [1.29, 1.82) is 0 Å². The number of methoxy groups -OCH3 is 3. The minimum Gasteiger partial charge on any atom is -0.463 e. The summed E-state index contributed by atoms with van der Waals surface area (Å²) in [6.07, 6.45) is -3.45. The van der Waals surface area contributed by atoms with Gasteiger partial charge in [-0.15, -0.1) is 0 Å². The van der Waals surface area contributed by atoms with Crippen LogP contribution in [0.2, 0.25) is 0 Å². The first kappa shape index (κ1) is 17.8. The lowest BCUT2D eigenvalue weighted by atomic mass is 9.98. The van der Waals surface area contributed by atoms with Gasteiger partial charge in [0.15, 0.2) is 12.4 Å². The summed E-state index contributed by atoms with van der Waals surface area (Å²) in [6, 6.07) is 0. The highest BCUT2D eigenvalue weighted by molar-refractivity contribution is 5.66. The third kappa shape index (κ3) is 4.63. The van der Waals surface area contributed by atoms with E-state index in [2.05, 4.69) is 0 Å². The molecule has 1 saturated heterocycles. The van der Waals surface area contributed by atoms with Gasteiger partial charge in [-0.1, -0.05) is 0 Å². The van der Waals surface area contributed by atoms with Crippen molar-refractivity contribution in [2.24, 2.45) is 0 Å². The number of carbonyl (C=O) groups excluding carboxylic acids is 2. The molecule has 1 aliphatic heterocycles. The quantitative estimate of drug-likeness (QED) is 0.628. The molecule has 0 amide bonds. The van der Waals surface area contributed by atoms with E-state index in [1.807, 2.05) is 0 Å². The normalized spacial score (nSPS) is 32.5. The molecule has 0 aromatic carbocycles. The Bertz CT molecular complexity index is 358. The third-order valence-corrected chi connectivity index (χ3v) is 3.12. The Hall–Kier alpha value is -1.22. The number of esters is 2. The Labute approximate surface area is 123 Å². The minimum atomic E-state index is -0.772. The molecule has 122 valence electrons. The molecule has 0 aromatic heterocycles. The molecule has 0 bridgehead atoms. The van der Waals surface area contributed by atoms with Crippen LogP contribution in [0.3, 0.4) is 0 Å². The van der Waals surface area contributed by atoms with Crippen LogP contribution in [-0.2, 0) is 38.0 Å². The second kappa shape index (κ2) is 8.28. The summed E-state index contributed by atoms with van der Waals surface area (Å²) in [5.74, 6) is -0.924. The predicted octanol–water partition coefficient (Wildman–Crippen LogP) is -0.117. The van der Waals surface area contributed by atoms with Gasteiger partial charge in [-0.25, -0.2) is 0 Å². The van der Waals surface area contributed by atoms with Crippen molar-refractivity contribution in [2.45, 2.75) is 44.6 Å². The molecule has 8 nitrogen and oxygen atoms in total. The Morgan fingerprint density at radius 2 is 1.52 bits per heavy atom. The highest BCUT2D eigenvalue weighted by Gasteiger charge is 2.49. The van der Waals surface area contributed by atoms with Gasteiger partial charge in [0.25, 0.3) is 0 Å². The number of hydrogen-bond donors (Lipinski definition) is 0. The molecule has 0 aromatic rings. The van der Waals surface area contributed by atoms with Crippen molar-refractivity contribution in [2.75, 3.05) is 27.9 Å². The van der Waals surface area contributed by atoms with Gasteiger partial charge in [-0.05, 0) is 0 Å². The summed E-state index contributed by atoms with van der Waals surface area (Å²) in [6.45, 7) is 2.54. The lowest BCUT2D eigenvalue weighted by Crippen LogP contribution is -2.61. The summed E-state index contributed by atoms with van der Waals surface area (Å²) in [5, 5.41) is 0. The molecule has 0 radical (unpaired) electrons. The van der Waals surface area contributed by atoms with E-state index in [-0.39, 0.29) is 6.61 Å². The molecule has 0 unspecified atom stereocenters. The second-order valence-electron chi connectivity index (χ2n) is 4.56. The van der Waals surface area contributed by atoms with E-state index >= 15 is 0 Å². The van der Waals surface area contributed by atoms with E-state index in [4.69, 9.17) is 28.4 Å². The summed E-state index contributed by atoms with van der Waals surface area (Å²) < 4.78 is 31.7. The smallest absolute Gasteiger partial charge is 0.303 e. The zero-order chi connectivity index (χ0) is 16.0. The first-order valence-corrected chi connectivity index (χ1v) is 6.49. The fourth-order valence-electron chi connectivity index (χ4n) is 2.26. The van der Waals surface area contributed by atoms with Gasteiger partial charge in [0.2, 0.25) is 0 Å². The SMILES string of the molecule is CO[C@H]1O[C@H](COC(C)=O)[C@@H](OC)[C@H](OC(C)=O)[C@@H]1OC. The van der Waals surface area contributed by atoms with Crippen molar-refractivity contribution < 1.29 is 38.0 Å². The van der Waals surface area contributed by atoms with E-state index < -0.39 is 42.6 Å². The molecule has 1 heterocycles. The molecule has 1 aliphatic rings. The van der Waals surface area contributed by atoms with Crippen LogP contribution >= 0.6 is 0 Å². The van der Waals surface area contributed by atoms with Crippen LogP contribution in [0.4, 0.5) is 0 Å². The van der Waals surface area contributed by atoms with Crippen molar-refractivity contribution in [3.63, 3.8) is 0 Å². The molecular weight excluding hydrogens is 284 g/mol. The monoisotopic (exact) mass is 306 g/mol. The van der Waals surface area contributed by atoms with Gasteiger partial charge in [0, 0.05) is 35.2 Å². The number of hydrogen-bond acceptors (Lipinski definition) is 8. The first-order valence-electron chi connectivity index (χ1n) is 6.49. The van der Waals surface area contributed by atoms with E-state index in [1.165, 1.54) is 35.2 Å². The van der Waals surface area contributed by atoms with Gasteiger partial charge < -0.3 is 28.4 Å². The summed E-state index contributed by atoms with van der Waals surface area (Å²) in [7, 11) is 4.35. The van der Waals surface area contributed by atoms with Gasteiger partial charge in [-0.3, -0.25) is 9.59 Å². The number of rotatable bonds is 6. The zero-order valence-corrected chi connectivity index (χ0v) is 12.9. The molecular formula is C13H22O8. The number of carbonyl (C=O) groups is 2. The molecule has 0 N–H and O–H groups in total. The predicted molar refractivity (Wildman–Crippen MR) is 69.5 cm³/mol. The highest BCUT2D eigenvalue weighted by atomic mass is 16.7. The Kier molecular flexibility index (Phi) is 7.03. The topological polar surface area (TPSA) is 89.5 Å². The van der Waals surface area contributed by atoms with Crippen molar-refractivity contribution in [3.05, 3.63) is 0 Å². The summed E-state index contributed by atoms with van der Waals surface area (Å²) >= 11 is 0. The molecule has 1 rings (SSSR count). The minimum absolute atomic E-state index is 0.0398. The van der Waals surface area contributed by atoms with Crippen molar-refractivity contribution >= 4 is 11.9 Å². The largest absolute Gasteiger partial charge is 0.463 e. The van der Waals surface area contributed by atoms with Crippen LogP contribution in [-0.4, -0.2) is 70.6 Å². The Balaban J connectivity index is 2.94. The van der Waals surface area contributed by atoms with E-state index in [1.54, 1.807) is 0 Å². The standard InChI is InChI=1S/C13H22O8/c1-7(14)19-6-9-10(16-3)11(20-8(2)15)12(17-4)13(18-5)21-9/h9-13H,6H2,1-5H3/t9-,10-,11+,12+,13+/m1/s1. The van der Waals surface area contributed by atoms with Crippen LogP contribution < -0.4 is 0 Å². The summed E-state index contributed by atoms with van der Waals surface area (Å²) in [4.78, 5) is 22.3. The average molecular weight is 306 g/mol. The van der Waals surface area contributed by atoms with Gasteiger partial charge in [0.05, 0.1) is 0 Å². The van der Waals surface area contributed by atoms with E-state index in [0.717, 1.165) is 0 Å². The van der Waals surface area contributed by atoms with Gasteiger partial charge >= 0.3 is 11.9 Å². The molecule has 8 heteroatoms. The molecule has 21 heavy (non-hydrogen) atoms. The third-order valence-electron chi connectivity index (χ3n) is 3.12. The van der Waals surface area contributed by atoms with Crippen molar-refractivity contribution in [3.8, 4) is 0 Å². The van der Waals surface area contributed by atoms with E-state index in [0.29, 0.717) is 0 Å². The Morgan fingerprint density at radius 3 is 1.95 bits per heavy atom. The van der Waals surface area contributed by atoms with Crippen molar-refractivity contribution in [1.82, 2.24) is 0 Å². The highest BCUT2D eigenvalue weighted by Crippen LogP contribution is 2.28. The maximum absolute atomic E-state index is 11.3. The molecule has 0 aliphatic carbocycles. The van der Waals surface area contributed by atoms with Crippen LogP contribution in [0, 0.1) is 0 Å².